The number of amides is 1. The van der Waals surface area contributed by atoms with Gasteiger partial charge in [-0.05, 0) is 37.8 Å². The first kappa shape index (κ1) is 22.4. The molecule has 1 N–H and O–H groups in total. The van der Waals surface area contributed by atoms with E-state index in [4.69, 9.17) is 20.8 Å². The number of ether oxygens (including phenoxy) is 1. The fourth-order valence-electron chi connectivity index (χ4n) is 3.71. The van der Waals surface area contributed by atoms with Crippen LogP contribution < -0.4 is 5.32 Å². The normalized spacial score (nSPS) is 12.8. The molecule has 11 heteroatoms. The van der Waals surface area contributed by atoms with Crippen LogP contribution in [0.4, 0.5) is 5.00 Å². The number of hydrogen-bond donors (Lipinski definition) is 1. The molecule has 0 saturated carbocycles. The smallest absolute Gasteiger partial charge is 0.341 e. The summed E-state index contributed by atoms with van der Waals surface area (Å²) in [6.07, 6.45) is 2.76. The third kappa shape index (κ3) is 4.40. The molecule has 3 heterocycles. The van der Waals surface area contributed by atoms with Gasteiger partial charge in [0, 0.05) is 15.0 Å². The molecule has 4 aromatic rings. The van der Waals surface area contributed by atoms with E-state index < -0.39 is 0 Å². The number of thiophene rings is 2. The molecule has 7 nitrogen and oxygen atoms in total. The van der Waals surface area contributed by atoms with Gasteiger partial charge in [-0.15, -0.1) is 32.9 Å². The summed E-state index contributed by atoms with van der Waals surface area (Å²) in [7, 11) is 0. The fraction of sp³-hybridized carbons (Fsp3) is 0.273. The van der Waals surface area contributed by atoms with E-state index in [2.05, 4.69) is 15.5 Å². The number of hydrogen-bond acceptors (Lipinski definition) is 9. The number of carbonyl (C=O) groups excluding carboxylic acids is 2. The molecule has 170 valence electrons. The molecule has 0 saturated heterocycles. The molecule has 0 fully saturated rings. The molecule has 0 radical (unpaired) electrons. The highest BCUT2D eigenvalue weighted by atomic mass is 35.5. The molecular weight excluding hydrogens is 502 g/mol. The van der Waals surface area contributed by atoms with Gasteiger partial charge in [-0.3, -0.25) is 4.79 Å². The molecular formula is C22H18ClN3O4S3. The Morgan fingerprint density at radius 1 is 1.24 bits per heavy atom. The first-order chi connectivity index (χ1) is 16.0. The quantitative estimate of drug-likeness (QED) is 0.234. The number of thioether (sulfide) groups is 1. The number of aryl methyl sites for hydroxylation is 1. The van der Waals surface area contributed by atoms with Crippen LogP contribution in [0.3, 0.4) is 0 Å². The average molecular weight is 520 g/mol. The highest BCUT2D eigenvalue weighted by Gasteiger charge is 2.28. The van der Waals surface area contributed by atoms with E-state index in [1.165, 1.54) is 22.7 Å². The molecule has 5 rings (SSSR count). The van der Waals surface area contributed by atoms with Gasteiger partial charge in [0.25, 0.3) is 11.1 Å². The molecule has 1 aromatic carbocycles. The molecule has 1 aliphatic rings. The molecule has 0 spiro atoms. The van der Waals surface area contributed by atoms with Crippen molar-refractivity contribution < 1.29 is 18.7 Å². The molecule has 1 amide bonds. The number of halogens is 1. The van der Waals surface area contributed by atoms with Crippen molar-refractivity contribution in [1.29, 1.82) is 0 Å². The van der Waals surface area contributed by atoms with Gasteiger partial charge < -0.3 is 14.5 Å². The third-order valence-electron chi connectivity index (χ3n) is 5.12. The average Bonchev–Trinajstić information content (AvgIpc) is 3.56. The largest absolute Gasteiger partial charge is 0.462 e. The lowest BCUT2D eigenvalue weighted by Crippen LogP contribution is -2.16. The summed E-state index contributed by atoms with van der Waals surface area (Å²) in [5.74, 6) is -0.262. The van der Waals surface area contributed by atoms with E-state index in [0.29, 0.717) is 26.4 Å². The Kier molecular flexibility index (Phi) is 6.42. The van der Waals surface area contributed by atoms with Crippen LogP contribution in [0.15, 0.2) is 33.9 Å². The van der Waals surface area contributed by atoms with Crippen LogP contribution in [0, 0.1) is 0 Å². The van der Waals surface area contributed by atoms with E-state index in [9.17, 15) is 9.59 Å². The van der Waals surface area contributed by atoms with Crippen molar-refractivity contribution in [3.63, 3.8) is 0 Å². The van der Waals surface area contributed by atoms with Crippen molar-refractivity contribution in [2.24, 2.45) is 0 Å². The number of rotatable bonds is 7. The van der Waals surface area contributed by atoms with Crippen LogP contribution in [0.1, 0.15) is 34.1 Å². The summed E-state index contributed by atoms with van der Waals surface area (Å²) in [4.78, 5) is 26.9. The Labute approximate surface area is 206 Å². The molecule has 3 aromatic heterocycles. The second-order valence-electron chi connectivity index (χ2n) is 7.23. The van der Waals surface area contributed by atoms with Gasteiger partial charge in [0.05, 0.1) is 22.9 Å². The van der Waals surface area contributed by atoms with Gasteiger partial charge in [-0.2, -0.15) is 0 Å². The van der Waals surface area contributed by atoms with Crippen molar-refractivity contribution in [2.75, 3.05) is 17.7 Å². The van der Waals surface area contributed by atoms with Gasteiger partial charge in [-0.1, -0.05) is 41.6 Å². The lowest BCUT2D eigenvalue weighted by molar-refractivity contribution is -0.113. The second-order valence-corrected chi connectivity index (χ2v) is 10.7. The van der Waals surface area contributed by atoms with E-state index in [-0.39, 0.29) is 29.5 Å². The molecule has 0 aliphatic heterocycles. The number of nitrogens with zero attached hydrogens (tertiary/aromatic N) is 2. The lowest BCUT2D eigenvalue weighted by atomic mass is 10.1. The number of anilines is 1. The van der Waals surface area contributed by atoms with Gasteiger partial charge in [-0.25, -0.2) is 4.79 Å². The highest BCUT2D eigenvalue weighted by Crippen LogP contribution is 2.42. The molecule has 0 unspecified atom stereocenters. The maximum Gasteiger partial charge on any atom is 0.341 e. The third-order valence-corrected chi connectivity index (χ3v) is 8.81. The first-order valence-corrected chi connectivity index (χ1v) is 13.3. The van der Waals surface area contributed by atoms with Crippen LogP contribution in [-0.4, -0.2) is 34.4 Å². The summed E-state index contributed by atoms with van der Waals surface area (Å²) in [6.45, 7) is 2.06. The van der Waals surface area contributed by atoms with Crippen LogP contribution >= 0.6 is 46.0 Å². The van der Waals surface area contributed by atoms with Crippen LogP contribution in [0.25, 0.3) is 20.9 Å². The number of carbonyl (C=O) groups is 2. The van der Waals surface area contributed by atoms with Gasteiger partial charge in [0.2, 0.25) is 5.91 Å². The van der Waals surface area contributed by atoms with Crippen molar-refractivity contribution in [3.8, 4) is 10.8 Å². The Hall–Kier alpha value is -2.40. The van der Waals surface area contributed by atoms with E-state index in [1.807, 2.05) is 24.3 Å². The topological polar surface area (TPSA) is 94.3 Å². The Balaban J connectivity index is 1.27. The standard InChI is InChI=1S/C22H18ClN3O4S3/c1-2-29-21(28)16-11-7-5-9-13(11)33-20(16)24-15(27)10-31-22-26-25-19(30-22)18-17(23)12-6-3-4-8-14(12)32-18/h3-4,6,8H,2,5,7,9-10H2,1H3,(H,24,27). The first-order valence-electron chi connectivity index (χ1n) is 10.3. The zero-order valence-corrected chi connectivity index (χ0v) is 20.7. The van der Waals surface area contributed by atoms with Crippen LogP contribution in [-0.2, 0) is 22.4 Å². The highest BCUT2D eigenvalue weighted by molar-refractivity contribution is 7.99. The summed E-state index contributed by atoms with van der Waals surface area (Å²) < 4.78 is 12.0. The Morgan fingerprint density at radius 2 is 2.09 bits per heavy atom. The maximum absolute atomic E-state index is 12.6. The summed E-state index contributed by atoms with van der Waals surface area (Å²) in [6, 6.07) is 7.80. The monoisotopic (exact) mass is 519 g/mol. The Morgan fingerprint density at radius 3 is 2.91 bits per heavy atom. The zero-order chi connectivity index (χ0) is 22.9. The molecule has 0 bridgehead atoms. The van der Waals surface area contributed by atoms with E-state index in [0.717, 1.165) is 51.6 Å². The zero-order valence-electron chi connectivity index (χ0n) is 17.5. The van der Waals surface area contributed by atoms with Crippen molar-refractivity contribution in [3.05, 3.63) is 45.3 Å². The SMILES string of the molecule is CCOC(=O)c1c(NC(=O)CSc2nnc(-c3sc4ccccc4c3Cl)o2)sc2c1CCC2. The minimum atomic E-state index is -0.387. The van der Waals surface area contributed by atoms with Crippen molar-refractivity contribution in [2.45, 2.75) is 31.4 Å². The summed E-state index contributed by atoms with van der Waals surface area (Å²) in [5.41, 5.74) is 1.50. The van der Waals surface area contributed by atoms with E-state index >= 15 is 0 Å². The number of nitrogens with one attached hydrogen (secondary N) is 1. The molecule has 0 atom stereocenters. The summed E-state index contributed by atoms with van der Waals surface area (Å²) >= 11 is 10.5. The van der Waals surface area contributed by atoms with Gasteiger partial charge in [0.1, 0.15) is 9.88 Å². The van der Waals surface area contributed by atoms with Crippen molar-refractivity contribution >= 4 is 73.0 Å². The summed E-state index contributed by atoms with van der Waals surface area (Å²) in [5, 5.41) is 13.3. The number of fused-ring (bicyclic) bond motifs is 2. The molecule has 33 heavy (non-hydrogen) atoms. The van der Waals surface area contributed by atoms with Gasteiger partial charge in [0.15, 0.2) is 0 Å². The lowest BCUT2D eigenvalue weighted by Gasteiger charge is -2.07. The predicted molar refractivity (Wildman–Crippen MR) is 132 cm³/mol. The number of benzene rings is 1. The minimum Gasteiger partial charge on any atom is -0.462 e. The number of aromatic nitrogens is 2. The predicted octanol–water partition coefficient (Wildman–Crippen LogP) is 6.06. The van der Waals surface area contributed by atoms with Crippen LogP contribution in [0.2, 0.25) is 5.02 Å². The van der Waals surface area contributed by atoms with Crippen molar-refractivity contribution in [1.82, 2.24) is 10.2 Å². The Bertz CT molecular complexity index is 1360. The van der Waals surface area contributed by atoms with Crippen LogP contribution in [0.5, 0.6) is 0 Å². The minimum absolute atomic E-state index is 0.0621. The maximum atomic E-state index is 12.6. The second kappa shape index (κ2) is 9.46. The number of esters is 1. The van der Waals surface area contributed by atoms with E-state index in [1.54, 1.807) is 6.92 Å². The van der Waals surface area contributed by atoms with Gasteiger partial charge >= 0.3 is 5.97 Å². The molecule has 1 aliphatic carbocycles. The fourth-order valence-corrected chi connectivity index (χ4v) is 7.00.